The first-order chi connectivity index (χ1) is 28.3. The van der Waals surface area contributed by atoms with Crippen LogP contribution in [0.25, 0.3) is 44.2 Å². The molecule has 0 amide bonds. The van der Waals surface area contributed by atoms with Crippen molar-refractivity contribution in [3.05, 3.63) is 103 Å². The fourth-order valence-corrected chi connectivity index (χ4v) is 11.9. The molecule has 6 aliphatic rings. The summed E-state index contributed by atoms with van der Waals surface area (Å²) >= 11 is 2.74. The van der Waals surface area contributed by atoms with Gasteiger partial charge >= 0.3 is 6.18 Å². The van der Waals surface area contributed by atoms with Gasteiger partial charge in [-0.2, -0.15) is 13.2 Å². The van der Waals surface area contributed by atoms with Crippen molar-refractivity contribution in [3.63, 3.8) is 0 Å². The second-order valence-corrected chi connectivity index (χ2v) is 18.4. The van der Waals surface area contributed by atoms with E-state index in [1.54, 1.807) is 12.1 Å². The summed E-state index contributed by atoms with van der Waals surface area (Å²) in [5.41, 5.74) is 3.83. The Labute approximate surface area is 343 Å². The van der Waals surface area contributed by atoms with Crippen LogP contribution in [0.2, 0.25) is 0 Å². The number of benzene rings is 3. The monoisotopic (exact) mass is 830 g/mol. The van der Waals surface area contributed by atoms with Crippen molar-refractivity contribution in [1.82, 2.24) is 9.97 Å². The Bertz CT molecular complexity index is 2830. The van der Waals surface area contributed by atoms with Crippen LogP contribution in [0.5, 0.6) is 11.8 Å². The summed E-state index contributed by atoms with van der Waals surface area (Å²) in [6.07, 6.45) is 7.61. The third kappa shape index (κ3) is 5.46. The lowest BCUT2D eigenvalue weighted by atomic mass is 9.71. The van der Waals surface area contributed by atoms with Gasteiger partial charge < -0.3 is 9.47 Å². The van der Waals surface area contributed by atoms with E-state index in [1.807, 2.05) is 19.1 Å². The van der Waals surface area contributed by atoms with E-state index in [-0.39, 0.29) is 16.7 Å². The molecule has 0 saturated heterocycles. The van der Waals surface area contributed by atoms with Crippen LogP contribution in [0.1, 0.15) is 128 Å². The molecule has 2 fully saturated rings. The number of hydrogen-bond acceptors (Lipinski definition) is 10. The van der Waals surface area contributed by atoms with E-state index < -0.39 is 46.1 Å². The number of carbonyl (C=O) groups excluding carboxylic acids is 4. The maximum Gasteiger partial charge on any atom is 0.416 e. The number of nitrogens with zero attached hydrogens (tertiary/aromatic N) is 2. The topological polar surface area (TPSA) is 113 Å². The van der Waals surface area contributed by atoms with Gasteiger partial charge in [0.05, 0.1) is 15.3 Å². The largest absolute Gasteiger partial charge is 0.465 e. The molecular formula is C46H33F3N2O6S2. The summed E-state index contributed by atoms with van der Waals surface area (Å²) in [6.45, 7) is 1.89. The molecule has 0 atom stereocenters. The molecule has 13 heteroatoms. The average Bonchev–Trinajstić information content (AvgIpc) is 3.94. The van der Waals surface area contributed by atoms with E-state index in [0.717, 1.165) is 114 Å². The Morgan fingerprint density at radius 3 is 1.51 bits per heavy atom. The fraction of sp³-hybridized carbons (Fsp3) is 0.304. The van der Waals surface area contributed by atoms with Crippen LogP contribution in [0, 0.1) is 6.92 Å². The lowest BCUT2D eigenvalue weighted by Gasteiger charge is -2.45. The first kappa shape index (κ1) is 36.5. The van der Waals surface area contributed by atoms with Gasteiger partial charge in [0.2, 0.25) is 34.9 Å². The van der Waals surface area contributed by atoms with Gasteiger partial charge in [-0.1, -0.05) is 36.6 Å². The van der Waals surface area contributed by atoms with Crippen molar-refractivity contribution < 1.29 is 41.8 Å². The highest BCUT2D eigenvalue weighted by atomic mass is 32.1. The molecule has 3 aromatic carbocycles. The molecular weight excluding hydrogens is 798 g/mol. The Morgan fingerprint density at radius 1 is 0.576 bits per heavy atom. The number of Topliss-reactive ketones (excluding diaryl/α,β-unsaturated/α-hetero) is 4. The number of aromatic nitrogens is 2. The summed E-state index contributed by atoms with van der Waals surface area (Å²) in [7, 11) is 0. The van der Waals surface area contributed by atoms with Gasteiger partial charge in [-0.15, -0.1) is 22.7 Å². The highest BCUT2D eigenvalue weighted by Gasteiger charge is 2.49. The molecule has 296 valence electrons. The maximum atomic E-state index is 13.5. The first-order valence-corrected chi connectivity index (χ1v) is 21.5. The SMILES string of the molecule is Cc1ccc2c(c1)C(=O)C(=O)/C2=C\c1nc2c(s1)-c1cc3c(cc1C1(CCCCC1)O2)-c1sc(/C=C2\C(=O)C(=O)c4cc(C(F)(F)F)ccc42)nc1OC31CCCCC1. The van der Waals surface area contributed by atoms with Crippen LogP contribution >= 0.6 is 22.7 Å². The standard InChI is InChI=1S/C46H33F3N2O6S2/c1-22-8-10-24-26(16-22)36(52)38(54)28(24)20-34-50-42-40(58-34)30-18-33-31(19-32(30)44(56-42)12-4-2-5-13-44)41-43(57-45(33)14-6-3-7-15-45)51-35(59-41)21-29-25-11-9-23(46(47,48)49)17-27(25)37(53)39(29)55/h8-11,16-21H,2-7,12-15H2,1H3/b28-20-,29-21-. The number of aryl methyl sites for hydroxylation is 1. The summed E-state index contributed by atoms with van der Waals surface area (Å²) in [5, 5.41) is 0.969. The van der Waals surface area contributed by atoms with Gasteiger partial charge in [-0.05, 0) is 112 Å². The van der Waals surface area contributed by atoms with Crippen LogP contribution in [-0.2, 0) is 27.0 Å². The van der Waals surface area contributed by atoms with E-state index in [0.29, 0.717) is 38.5 Å². The zero-order valence-electron chi connectivity index (χ0n) is 31.6. The molecule has 8 nitrogen and oxygen atoms in total. The lowest BCUT2D eigenvalue weighted by molar-refractivity contribution is -0.137. The minimum atomic E-state index is -4.66. The normalized spacial score (nSPS) is 20.9. The summed E-state index contributed by atoms with van der Waals surface area (Å²) in [6, 6.07) is 12.7. The van der Waals surface area contributed by atoms with Gasteiger partial charge in [0, 0.05) is 44.5 Å². The Morgan fingerprint density at radius 2 is 1.03 bits per heavy atom. The highest BCUT2D eigenvalue weighted by Crippen LogP contribution is 2.59. The zero-order chi connectivity index (χ0) is 40.6. The number of halogens is 3. The number of allylic oxidation sites excluding steroid dienone is 2. The van der Waals surface area contributed by atoms with Crippen LogP contribution in [0.4, 0.5) is 13.2 Å². The summed E-state index contributed by atoms with van der Waals surface area (Å²) in [4.78, 5) is 63.8. The molecule has 59 heavy (non-hydrogen) atoms. The number of ether oxygens (including phenoxy) is 2. The van der Waals surface area contributed by atoms with Gasteiger partial charge in [0.1, 0.15) is 21.2 Å². The predicted molar refractivity (Wildman–Crippen MR) is 216 cm³/mol. The van der Waals surface area contributed by atoms with Gasteiger partial charge in [-0.3, -0.25) is 19.2 Å². The Hall–Kier alpha value is -5.53. The number of fused-ring (bicyclic) bond motifs is 10. The first-order valence-electron chi connectivity index (χ1n) is 19.9. The molecule has 11 rings (SSSR count). The van der Waals surface area contributed by atoms with Crippen LogP contribution < -0.4 is 9.47 Å². The number of hydrogen-bond donors (Lipinski definition) is 0. The van der Waals surface area contributed by atoms with Crippen LogP contribution in [0.15, 0.2) is 48.5 Å². The van der Waals surface area contributed by atoms with E-state index >= 15 is 0 Å². The van der Waals surface area contributed by atoms with Crippen molar-refractivity contribution in [1.29, 1.82) is 0 Å². The van der Waals surface area contributed by atoms with Gasteiger partial charge in [0.25, 0.3) is 0 Å². The molecule has 4 aliphatic carbocycles. The third-order valence-corrected chi connectivity index (χ3v) is 14.8. The third-order valence-electron chi connectivity index (χ3n) is 12.8. The average molecular weight is 831 g/mol. The van der Waals surface area contributed by atoms with Crippen LogP contribution in [0.3, 0.4) is 0 Å². The number of rotatable bonds is 2. The molecule has 2 saturated carbocycles. The quantitative estimate of drug-likeness (QED) is 0.128. The molecule has 0 radical (unpaired) electrons. The second kappa shape index (κ2) is 12.7. The van der Waals surface area contributed by atoms with E-state index in [9.17, 15) is 32.3 Å². The highest BCUT2D eigenvalue weighted by molar-refractivity contribution is 7.17. The number of thiazole rings is 2. The Balaban J connectivity index is 1.06. The molecule has 0 bridgehead atoms. The fourth-order valence-electron chi connectivity index (χ4n) is 9.94. The minimum absolute atomic E-state index is 0.00296. The molecule has 5 aromatic rings. The predicted octanol–water partition coefficient (Wildman–Crippen LogP) is 11.0. The summed E-state index contributed by atoms with van der Waals surface area (Å²) in [5.74, 6) is -1.98. The number of carbonyl (C=O) groups is 4. The van der Waals surface area contributed by atoms with E-state index in [1.165, 1.54) is 34.8 Å². The number of ketones is 4. The molecule has 2 spiro atoms. The summed E-state index contributed by atoms with van der Waals surface area (Å²) < 4.78 is 54.5. The molecule has 0 unspecified atom stereocenters. The number of alkyl halides is 3. The molecule has 2 aliphatic heterocycles. The lowest BCUT2D eigenvalue weighted by Crippen LogP contribution is -2.40. The Kier molecular flexibility index (Phi) is 7.89. The smallest absolute Gasteiger partial charge is 0.416 e. The van der Waals surface area contributed by atoms with Crippen molar-refractivity contribution in [3.8, 4) is 32.6 Å². The zero-order valence-corrected chi connectivity index (χ0v) is 33.3. The van der Waals surface area contributed by atoms with Crippen molar-refractivity contribution >= 4 is 69.1 Å². The van der Waals surface area contributed by atoms with Crippen molar-refractivity contribution in [2.45, 2.75) is 88.5 Å². The van der Waals surface area contributed by atoms with Crippen molar-refractivity contribution in [2.75, 3.05) is 0 Å². The van der Waals surface area contributed by atoms with Gasteiger partial charge in [-0.25, -0.2) is 9.97 Å². The van der Waals surface area contributed by atoms with Crippen molar-refractivity contribution in [2.24, 2.45) is 0 Å². The second-order valence-electron chi connectivity index (χ2n) is 16.4. The maximum absolute atomic E-state index is 13.5. The van der Waals surface area contributed by atoms with E-state index in [4.69, 9.17) is 19.4 Å². The van der Waals surface area contributed by atoms with E-state index in [2.05, 4.69) is 12.1 Å². The minimum Gasteiger partial charge on any atom is -0.465 e. The van der Waals surface area contributed by atoms with Crippen LogP contribution in [-0.4, -0.2) is 33.1 Å². The van der Waals surface area contributed by atoms with Gasteiger partial charge in [0.15, 0.2) is 0 Å². The molecule has 4 heterocycles. The molecule has 2 aromatic heterocycles. The molecule has 0 N–H and O–H groups in total.